The molecule has 9 heteroatoms. The van der Waals surface area contributed by atoms with Gasteiger partial charge in [0.05, 0.1) is 17.2 Å². The number of fused-ring (bicyclic) bond motifs is 1. The number of hydrogen-bond donors (Lipinski definition) is 1. The average molecular weight is 499 g/mol. The third-order valence-electron chi connectivity index (χ3n) is 7.23. The van der Waals surface area contributed by atoms with Crippen molar-refractivity contribution in [2.45, 2.75) is 39.7 Å². The highest BCUT2D eigenvalue weighted by molar-refractivity contribution is 5.99. The number of aryl methyl sites for hydroxylation is 2. The van der Waals surface area contributed by atoms with Crippen LogP contribution in [0.15, 0.2) is 42.9 Å². The first-order chi connectivity index (χ1) is 17.6. The minimum absolute atomic E-state index is 0.0131. The van der Waals surface area contributed by atoms with Crippen LogP contribution in [0.1, 0.15) is 37.9 Å². The number of nitrogens with zero attached hydrogens (tertiary/aromatic N) is 7. The zero-order chi connectivity index (χ0) is 26.4. The second kappa shape index (κ2) is 9.46. The van der Waals surface area contributed by atoms with E-state index in [1.807, 2.05) is 46.5 Å². The van der Waals surface area contributed by atoms with E-state index >= 15 is 0 Å². The number of nitrogens with one attached hydrogen (secondary N) is 1. The quantitative estimate of drug-likeness (QED) is 0.418. The monoisotopic (exact) mass is 498 g/mol. The molecule has 1 aliphatic rings. The van der Waals surface area contributed by atoms with Crippen molar-refractivity contribution in [3.63, 3.8) is 0 Å². The van der Waals surface area contributed by atoms with Crippen molar-refractivity contribution in [2.75, 3.05) is 30.9 Å². The summed E-state index contributed by atoms with van der Waals surface area (Å²) in [5.74, 6) is 2.56. The molecule has 1 fully saturated rings. The maximum absolute atomic E-state index is 12.5. The van der Waals surface area contributed by atoms with Gasteiger partial charge in [-0.05, 0) is 48.9 Å². The molecule has 0 radical (unpaired) electrons. The fourth-order valence-electron chi connectivity index (χ4n) is 5.12. The molecule has 4 heterocycles. The second-order valence-corrected chi connectivity index (χ2v) is 10.4. The predicted molar refractivity (Wildman–Crippen MR) is 147 cm³/mol. The Kier molecular flexibility index (Phi) is 6.31. The van der Waals surface area contributed by atoms with Gasteiger partial charge in [-0.15, -0.1) is 0 Å². The number of carbonyl (C=O) groups excluding carboxylic acids is 1. The highest BCUT2D eigenvalue weighted by Crippen LogP contribution is 2.39. The molecule has 4 aromatic rings. The fraction of sp³-hybridized carbons (Fsp3) is 0.393. The lowest BCUT2D eigenvalue weighted by atomic mass is 9.86. The number of aromatic nitrogens is 5. The topological polar surface area (TPSA) is 92.1 Å². The summed E-state index contributed by atoms with van der Waals surface area (Å²) in [4.78, 5) is 30.4. The van der Waals surface area contributed by atoms with E-state index in [-0.39, 0.29) is 17.9 Å². The van der Waals surface area contributed by atoms with Gasteiger partial charge >= 0.3 is 0 Å². The summed E-state index contributed by atoms with van der Waals surface area (Å²) in [5, 5.41) is 10.0. The zero-order valence-electron chi connectivity index (χ0n) is 22.5. The molecule has 0 spiro atoms. The molecule has 37 heavy (non-hydrogen) atoms. The van der Waals surface area contributed by atoms with Gasteiger partial charge in [0, 0.05) is 63.4 Å². The number of amides is 1. The molecule has 2 atom stereocenters. The summed E-state index contributed by atoms with van der Waals surface area (Å²) in [6.07, 6.45) is 5.60. The maximum Gasteiger partial charge on any atom is 0.229 e. The zero-order valence-corrected chi connectivity index (χ0v) is 22.5. The van der Waals surface area contributed by atoms with Crippen molar-refractivity contribution in [1.82, 2.24) is 29.6 Å². The van der Waals surface area contributed by atoms with E-state index in [2.05, 4.69) is 59.3 Å². The van der Waals surface area contributed by atoms with E-state index in [1.54, 1.807) is 15.8 Å². The van der Waals surface area contributed by atoms with E-state index in [1.165, 1.54) is 5.56 Å². The Morgan fingerprint density at radius 2 is 1.92 bits per heavy atom. The van der Waals surface area contributed by atoms with Gasteiger partial charge < -0.3 is 15.1 Å². The van der Waals surface area contributed by atoms with Gasteiger partial charge in [-0.1, -0.05) is 19.9 Å². The first kappa shape index (κ1) is 24.7. The molecule has 1 saturated heterocycles. The molecule has 1 aromatic carbocycles. The maximum atomic E-state index is 12.5. The van der Waals surface area contributed by atoms with E-state index < -0.39 is 0 Å². The first-order valence-corrected chi connectivity index (χ1v) is 12.6. The van der Waals surface area contributed by atoms with Crippen LogP contribution in [-0.2, 0) is 11.8 Å². The number of carbonyl (C=O) groups is 1. The van der Waals surface area contributed by atoms with E-state index in [0.29, 0.717) is 24.1 Å². The molecule has 0 aliphatic carbocycles. The van der Waals surface area contributed by atoms with Crippen molar-refractivity contribution in [1.29, 1.82) is 0 Å². The van der Waals surface area contributed by atoms with Crippen molar-refractivity contribution >= 4 is 34.0 Å². The Labute approximate surface area is 217 Å². The fourth-order valence-corrected chi connectivity index (χ4v) is 5.12. The van der Waals surface area contributed by atoms with Crippen LogP contribution < -0.4 is 10.2 Å². The highest BCUT2D eigenvalue weighted by Gasteiger charge is 2.41. The molecule has 9 nitrogen and oxygen atoms in total. The van der Waals surface area contributed by atoms with Crippen LogP contribution in [0.4, 0.5) is 17.3 Å². The van der Waals surface area contributed by atoms with Crippen LogP contribution in [0.3, 0.4) is 0 Å². The Balaban J connectivity index is 1.47. The Bertz CT molecular complexity index is 1470. The lowest BCUT2D eigenvalue weighted by molar-refractivity contribution is -0.135. The number of hydrogen-bond acceptors (Lipinski definition) is 7. The van der Waals surface area contributed by atoms with Crippen LogP contribution >= 0.6 is 0 Å². The summed E-state index contributed by atoms with van der Waals surface area (Å²) in [6, 6.07) is 8.44. The van der Waals surface area contributed by atoms with Crippen molar-refractivity contribution in [3.05, 3.63) is 54.1 Å². The lowest BCUT2D eigenvalue weighted by Gasteiger charge is -2.48. The molecular formula is C28H34N8O. The van der Waals surface area contributed by atoms with Gasteiger partial charge in [0.25, 0.3) is 0 Å². The van der Waals surface area contributed by atoms with Crippen LogP contribution in [0, 0.1) is 12.8 Å². The minimum atomic E-state index is 0.0131. The molecular weight excluding hydrogens is 464 g/mol. The first-order valence-electron chi connectivity index (χ1n) is 12.6. The van der Waals surface area contributed by atoms with E-state index in [4.69, 9.17) is 9.97 Å². The lowest BCUT2D eigenvalue weighted by Crippen LogP contribution is -2.60. The number of pyridine rings is 1. The van der Waals surface area contributed by atoms with Crippen LogP contribution in [-0.4, -0.2) is 62.2 Å². The summed E-state index contributed by atoms with van der Waals surface area (Å²) >= 11 is 0. The Morgan fingerprint density at radius 1 is 1.14 bits per heavy atom. The number of benzene rings is 1. The van der Waals surface area contributed by atoms with Gasteiger partial charge in [0.1, 0.15) is 11.6 Å². The molecule has 3 aromatic heterocycles. The molecule has 0 saturated carbocycles. The van der Waals surface area contributed by atoms with Crippen molar-refractivity contribution < 1.29 is 4.79 Å². The van der Waals surface area contributed by atoms with Gasteiger partial charge in [-0.25, -0.2) is 15.0 Å². The third kappa shape index (κ3) is 4.50. The molecule has 1 amide bonds. The highest BCUT2D eigenvalue weighted by atomic mass is 16.2. The molecule has 0 bridgehead atoms. The summed E-state index contributed by atoms with van der Waals surface area (Å²) in [6.45, 7) is 9.19. The number of anilines is 3. The molecule has 1 N–H and O–H groups in total. The minimum Gasteiger partial charge on any atom is -0.367 e. The summed E-state index contributed by atoms with van der Waals surface area (Å²) in [7, 11) is 5.53. The van der Waals surface area contributed by atoms with Gasteiger partial charge in [0.2, 0.25) is 5.91 Å². The van der Waals surface area contributed by atoms with Crippen molar-refractivity contribution in [2.24, 2.45) is 13.0 Å². The van der Waals surface area contributed by atoms with Crippen LogP contribution in [0.5, 0.6) is 0 Å². The normalized spacial score (nSPS) is 17.2. The van der Waals surface area contributed by atoms with Crippen molar-refractivity contribution in [3.8, 4) is 11.4 Å². The van der Waals surface area contributed by atoms with Crippen LogP contribution in [0.25, 0.3) is 22.2 Å². The smallest absolute Gasteiger partial charge is 0.229 e. The van der Waals surface area contributed by atoms with Crippen LogP contribution in [0.2, 0.25) is 0 Å². The molecule has 0 unspecified atom stereocenters. The predicted octanol–water partition coefficient (Wildman–Crippen LogP) is 4.51. The van der Waals surface area contributed by atoms with Gasteiger partial charge in [0.15, 0.2) is 5.82 Å². The molecule has 5 rings (SSSR count). The Morgan fingerprint density at radius 3 is 2.57 bits per heavy atom. The van der Waals surface area contributed by atoms with Gasteiger partial charge in [-0.2, -0.15) is 5.10 Å². The largest absolute Gasteiger partial charge is 0.367 e. The Hall–Kier alpha value is -4.01. The average Bonchev–Trinajstić information content (AvgIpc) is 3.20. The SMILES string of the molecule is Cc1nn(C)cc1-c1nccc(Nc2cc3c(C(C)C)ccc(N4C[C@H](C(=O)N(C)C)[C@H]4C)c3cn2)n1. The summed E-state index contributed by atoms with van der Waals surface area (Å²) < 4.78 is 1.77. The molecule has 1 aliphatic heterocycles. The standard InChI is InChI=1S/C28H34N8O/c1-16(2)19-8-9-24(36-15-23(18(36)4)28(37)34(5)6)21-13-30-26(12-20(19)21)31-25-10-11-29-27(32-25)22-14-35(7)33-17(22)3/h8-14,16,18,23H,15H2,1-7H3,(H,29,30,31,32)/t18-,23+/m1/s1. The second-order valence-electron chi connectivity index (χ2n) is 10.4. The van der Waals surface area contributed by atoms with E-state index in [0.717, 1.165) is 33.5 Å². The summed E-state index contributed by atoms with van der Waals surface area (Å²) in [5.41, 5.74) is 4.16. The molecule has 192 valence electrons. The number of rotatable bonds is 6. The van der Waals surface area contributed by atoms with E-state index in [9.17, 15) is 4.79 Å². The third-order valence-corrected chi connectivity index (χ3v) is 7.23. The van der Waals surface area contributed by atoms with Gasteiger partial charge in [-0.3, -0.25) is 9.48 Å².